The lowest BCUT2D eigenvalue weighted by Crippen LogP contribution is -2.20. The quantitative estimate of drug-likeness (QED) is 0.795. The van der Waals surface area contributed by atoms with Crippen LogP contribution in [0.3, 0.4) is 0 Å². The smallest absolute Gasteiger partial charge is 0.189 e. The van der Waals surface area contributed by atoms with Crippen molar-refractivity contribution < 1.29 is 12.8 Å². The minimum Gasteiger partial charge on any atom is -0.280 e. The Balaban J connectivity index is 1.98. The predicted molar refractivity (Wildman–Crippen MR) is 56.5 cm³/mol. The molecule has 1 aliphatic rings. The van der Waals surface area contributed by atoms with Gasteiger partial charge in [-0.3, -0.25) is 4.18 Å². The monoisotopic (exact) mass is 228 g/mol. The summed E-state index contributed by atoms with van der Waals surface area (Å²) in [6.07, 6.45) is 0.553. The van der Waals surface area contributed by atoms with E-state index in [2.05, 4.69) is 0 Å². The zero-order chi connectivity index (χ0) is 10.7. The maximum Gasteiger partial charge on any atom is 0.189 e. The first-order chi connectivity index (χ1) is 7.27. The highest BCUT2D eigenvalue weighted by atomic mass is 32.2. The van der Waals surface area contributed by atoms with Gasteiger partial charge in [0.2, 0.25) is 0 Å². The molecule has 1 aliphatic carbocycles. The van der Waals surface area contributed by atoms with Gasteiger partial charge in [-0.1, -0.05) is 18.2 Å². The maximum atomic E-state index is 13.2. The van der Waals surface area contributed by atoms with E-state index in [0.717, 1.165) is 6.42 Å². The third-order valence-electron chi connectivity index (χ3n) is 2.52. The molecule has 82 valence electrons. The Morgan fingerprint density at radius 1 is 1.27 bits per heavy atom. The minimum absolute atomic E-state index is 0.494. The highest BCUT2D eigenvalue weighted by Gasteiger charge is 2.29. The lowest BCUT2D eigenvalue weighted by atomic mass is 10.3. The molecule has 1 saturated carbocycles. The Bertz CT molecular complexity index is 342. The number of hydrogen-bond donors (Lipinski definition) is 0. The predicted octanol–water partition coefficient (Wildman–Crippen LogP) is 2.62. The molecule has 3 unspecified atom stereocenters. The van der Waals surface area contributed by atoms with Gasteiger partial charge in [0, 0.05) is 0 Å². The largest absolute Gasteiger partial charge is 0.280 e. The van der Waals surface area contributed by atoms with E-state index in [1.54, 1.807) is 24.3 Å². The average Bonchev–Trinajstić information content (AvgIpc) is 2.66. The van der Waals surface area contributed by atoms with Crippen LogP contribution in [0.25, 0.3) is 0 Å². The molecule has 2 nitrogen and oxygen atoms in total. The molecule has 0 heterocycles. The van der Waals surface area contributed by atoms with Crippen molar-refractivity contribution in [2.45, 2.75) is 36.4 Å². The number of alkyl halides is 1. The fraction of sp³-hybridized carbons (Fsp3) is 0.455. The summed E-state index contributed by atoms with van der Waals surface area (Å²) in [6.45, 7) is 0. The van der Waals surface area contributed by atoms with Gasteiger partial charge in [-0.05, 0) is 31.4 Å². The Hall–Kier alpha value is -0.740. The highest BCUT2D eigenvalue weighted by molar-refractivity contribution is 7.80. The van der Waals surface area contributed by atoms with E-state index in [1.165, 1.54) is 0 Å². The van der Waals surface area contributed by atoms with Crippen molar-refractivity contribution in [2.24, 2.45) is 0 Å². The fourth-order valence-electron chi connectivity index (χ4n) is 1.69. The molecule has 0 saturated heterocycles. The highest BCUT2D eigenvalue weighted by Crippen LogP contribution is 2.26. The van der Waals surface area contributed by atoms with E-state index >= 15 is 0 Å². The van der Waals surface area contributed by atoms with Crippen molar-refractivity contribution in [3.8, 4) is 0 Å². The molecular formula is C11H13FO2S. The van der Waals surface area contributed by atoms with Crippen molar-refractivity contribution in [3.63, 3.8) is 0 Å². The van der Waals surface area contributed by atoms with E-state index in [1.807, 2.05) is 6.07 Å². The lowest BCUT2D eigenvalue weighted by molar-refractivity contribution is 0.140. The topological polar surface area (TPSA) is 26.3 Å². The molecule has 3 atom stereocenters. The Morgan fingerprint density at radius 2 is 2.00 bits per heavy atom. The van der Waals surface area contributed by atoms with Crippen LogP contribution in [0.15, 0.2) is 35.2 Å². The van der Waals surface area contributed by atoms with Crippen LogP contribution in [0.5, 0.6) is 0 Å². The van der Waals surface area contributed by atoms with E-state index in [4.69, 9.17) is 4.18 Å². The van der Waals surface area contributed by atoms with Gasteiger partial charge in [-0.25, -0.2) is 8.60 Å². The van der Waals surface area contributed by atoms with Crippen LogP contribution in [0, 0.1) is 0 Å². The zero-order valence-corrected chi connectivity index (χ0v) is 9.08. The SMILES string of the molecule is O=S(OC1CCCC1F)c1ccccc1. The van der Waals surface area contributed by atoms with Crippen LogP contribution in [-0.2, 0) is 15.3 Å². The van der Waals surface area contributed by atoms with Gasteiger partial charge >= 0.3 is 0 Å². The summed E-state index contributed by atoms with van der Waals surface area (Å²) in [5.74, 6) is 0. The maximum absolute atomic E-state index is 13.2. The normalized spacial score (nSPS) is 27.8. The van der Waals surface area contributed by atoms with Crippen LogP contribution < -0.4 is 0 Å². The van der Waals surface area contributed by atoms with Crippen LogP contribution in [-0.4, -0.2) is 16.5 Å². The second-order valence-corrected chi connectivity index (χ2v) is 4.76. The second-order valence-electron chi connectivity index (χ2n) is 3.63. The molecule has 1 aromatic carbocycles. The molecule has 0 aliphatic heterocycles. The van der Waals surface area contributed by atoms with Gasteiger partial charge in [0.05, 0.1) is 4.90 Å². The van der Waals surface area contributed by atoms with Crippen molar-refractivity contribution in [1.29, 1.82) is 0 Å². The van der Waals surface area contributed by atoms with Gasteiger partial charge < -0.3 is 0 Å². The first-order valence-electron chi connectivity index (χ1n) is 5.05. The molecule has 0 N–H and O–H groups in total. The Labute approximate surface area is 91.1 Å². The molecule has 0 aromatic heterocycles. The molecule has 0 spiro atoms. The van der Waals surface area contributed by atoms with E-state index < -0.39 is 23.4 Å². The van der Waals surface area contributed by atoms with Gasteiger partial charge in [0.25, 0.3) is 0 Å². The molecule has 0 amide bonds. The summed E-state index contributed by atoms with van der Waals surface area (Å²) >= 11 is -1.53. The van der Waals surface area contributed by atoms with Gasteiger partial charge in [0.1, 0.15) is 12.3 Å². The number of hydrogen-bond acceptors (Lipinski definition) is 2. The van der Waals surface area contributed by atoms with Crippen LogP contribution in [0.1, 0.15) is 19.3 Å². The standard InChI is InChI=1S/C11H13FO2S/c12-10-7-4-8-11(10)14-15(13)9-5-2-1-3-6-9/h1-3,5-6,10-11H,4,7-8H2. The summed E-state index contributed by atoms with van der Waals surface area (Å²) in [6, 6.07) is 8.86. The summed E-state index contributed by atoms with van der Waals surface area (Å²) in [4.78, 5) is 0.594. The zero-order valence-electron chi connectivity index (χ0n) is 8.27. The van der Waals surface area contributed by atoms with E-state index in [-0.39, 0.29) is 0 Å². The number of halogens is 1. The molecule has 0 radical (unpaired) electrons. The summed E-state index contributed by atoms with van der Waals surface area (Å²) in [7, 11) is 0. The Morgan fingerprint density at radius 3 is 2.60 bits per heavy atom. The molecule has 15 heavy (non-hydrogen) atoms. The third kappa shape index (κ3) is 2.63. The first-order valence-corrected chi connectivity index (χ1v) is 6.13. The van der Waals surface area contributed by atoms with Crippen LogP contribution in [0.4, 0.5) is 4.39 Å². The Kier molecular flexibility index (Phi) is 3.49. The summed E-state index contributed by atoms with van der Waals surface area (Å²) < 4.78 is 30.1. The average molecular weight is 228 g/mol. The molecule has 0 bridgehead atoms. The van der Waals surface area contributed by atoms with Crippen LogP contribution in [0.2, 0.25) is 0 Å². The van der Waals surface area contributed by atoms with Crippen LogP contribution >= 0.6 is 0 Å². The fourth-order valence-corrected chi connectivity index (χ4v) is 2.62. The molecular weight excluding hydrogens is 215 g/mol. The molecule has 2 rings (SSSR count). The lowest BCUT2D eigenvalue weighted by Gasteiger charge is -2.12. The third-order valence-corrected chi connectivity index (χ3v) is 3.60. The number of rotatable bonds is 3. The van der Waals surface area contributed by atoms with Crippen molar-refractivity contribution in [2.75, 3.05) is 0 Å². The van der Waals surface area contributed by atoms with Crippen molar-refractivity contribution in [1.82, 2.24) is 0 Å². The molecule has 4 heteroatoms. The first kappa shape index (κ1) is 10.8. The van der Waals surface area contributed by atoms with Gasteiger partial charge in [-0.2, -0.15) is 0 Å². The molecule has 1 fully saturated rings. The second kappa shape index (κ2) is 4.86. The molecule has 1 aromatic rings. The van der Waals surface area contributed by atoms with Crippen molar-refractivity contribution in [3.05, 3.63) is 30.3 Å². The number of benzene rings is 1. The summed E-state index contributed by atoms with van der Waals surface area (Å²) in [5.41, 5.74) is 0. The minimum atomic E-state index is -1.53. The van der Waals surface area contributed by atoms with Gasteiger partial charge in [-0.15, -0.1) is 0 Å². The summed E-state index contributed by atoms with van der Waals surface area (Å²) in [5, 5.41) is 0. The van der Waals surface area contributed by atoms with Gasteiger partial charge in [0.15, 0.2) is 11.1 Å². The van der Waals surface area contributed by atoms with Crippen molar-refractivity contribution >= 4 is 11.1 Å². The van der Waals surface area contributed by atoms with E-state index in [0.29, 0.717) is 17.7 Å². The van der Waals surface area contributed by atoms with E-state index in [9.17, 15) is 8.60 Å².